The minimum atomic E-state index is -0.426. The molecule has 0 atom stereocenters. The van der Waals surface area contributed by atoms with E-state index in [1.165, 1.54) is 4.91 Å². The van der Waals surface area contributed by atoms with Crippen LogP contribution in [0.25, 0.3) is 0 Å². The van der Waals surface area contributed by atoms with Gasteiger partial charge in [0.25, 0.3) is 0 Å². The van der Waals surface area contributed by atoms with Crippen molar-refractivity contribution in [2.24, 2.45) is 5.73 Å². The molecule has 84 valence electrons. The quantitative estimate of drug-likeness (QED) is 0.827. The molecule has 0 bridgehead atoms. The van der Waals surface area contributed by atoms with Crippen molar-refractivity contribution < 1.29 is 9.53 Å². The summed E-state index contributed by atoms with van der Waals surface area (Å²) >= 11 is 1.72. The number of carbonyl (C=O) groups is 1. The number of rotatable bonds is 4. The predicted octanol–water partition coefficient (Wildman–Crippen LogP) is 1.30. The van der Waals surface area contributed by atoms with Crippen LogP contribution in [0.1, 0.15) is 10.4 Å². The maximum Gasteiger partial charge on any atom is 0.248 e. The molecule has 0 radical (unpaired) electrons. The molecular formula is C11H12N2O2S. The Labute approximate surface area is 97.8 Å². The molecule has 0 fully saturated rings. The highest BCUT2D eigenvalue weighted by Crippen LogP contribution is 2.20. The van der Waals surface area contributed by atoms with Crippen molar-refractivity contribution in [2.45, 2.75) is 0 Å². The molecule has 0 spiro atoms. The number of primary amides is 1. The van der Waals surface area contributed by atoms with Crippen LogP contribution in [0, 0.1) is 0 Å². The van der Waals surface area contributed by atoms with Gasteiger partial charge in [-0.2, -0.15) is 0 Å². The summed E-state index contributed by atoms with van der Waals surface area (Å²) < 4.78 is 5.54. The largest absolute Gasteiger partial charge is 0.488 e. The number of thioether (sulfide) groups is 1. The summed E-state index contributed by atoms with van der Waals surface area (Å²) in [6, 6.07) is 6.81. The second-order valence-corrected chi connectivity index (χ2v) is 4.38. The SMILES string of the molecule is NC(=O)c1ccc(OCC2=CNCS2)cc1. The van der Waals surface area contributed by atoms with E-state index in [0.29, 0.717) is 12.2 Å². The van der Waals surface area contributed by atoms with Gasteiger partial charge in [-0.25, -0.2) is 0 Å². The first kappa shape index (κ1) is 10.9. The van der Waals surface area contributed by atoms with Crippen LogP contribution in [0.4, 0.5) is 0 Å². The molecule has 1 amide bonds. The van der Waals surface area contributed by atoms with Crippen LogP contribution in [-0.4, -0.2) is 18.4 Å². The van der Waals surface area contributed by atoms with E-state index < -0.39 is 5.91 Å². The Bertz CT molecular complexity index is 414. The zero-order valence-corrected chi connectivity index (χ0v) is 9.42. The molecular weight excluding hydrogens is 224 g/mol. The van der Waals surface area contributed by atoms with Crippen LogP contribution in [0.2, 0.25) is 0 Å². The summed E-state index contributed by atoms with van der Waals surface area (Å²) in [5.74, 6) is 1.21. The van der Waals surface area contributed by atoms with Gasteiger partial charge in [-0.05, 0) is 24.3 Å². The van der Waals surface area contributed by atoms with Gasteiger partial charge in [-0.1, -0.05) is 0 Å². The monoisotopic (exact) mass is 236 g/mol. The first-order valence-corrected chi connectivity index (χ1v) is 5.82. The van der Waals surface area contributed by atoms with Crippen LogP contribution >= 0.6 is 11.8 Å². The fraction of sp³-hybridized carbons (Fsp3) is 0.182. The second kappa shape index (κ2) is 4.94. The molecule has 1 aromatic rings. The molecule has 1 aliphatic heterocycles. The van der Waals surface area contributed by atoms with Gasteiger partial charge in [-0.15, -0.1) is 11.8 Å². The van der Waals surface area contributed by atoms with Crippen LogP contribution in [0.3, 0.4) is 0 Å². The number of carbonyl (C=O) groups excluding carboxylic acids is 1. The predicted molar refractivity (Wildman–Crippen MR) is 64.1 cm³/mol. The van der Waals surface area contributed by atoms with E-state index in [1.807, 2.05) is 6.20 Å². The summed E-state index contributed by atoms with van der Waals surface area (Å²) in [6.45, 7) is 0.549. The Morgan fingerprint density at radius 3 is 2.75 bits per heavy atom. The van der Waals surface area contributed by atoms with E-state index in [2.05, 4.69) is 5.32 Å². The highest BCUT2D eigenvalue weighted by atomic mass is 32.2. The van der Waals surface area contributed by atoms with E-state index in [9.17, 15) is 4.79 Å². The molecule has 0 saturated carbocycles. The van der Waals surface area contributed by atoms with E-state index in [4.69, 9.17) is 10.5 Å². The van der Waals surface area contributed by atoms with Gasteiger partial charge >= 0.3 is 0 Å². The highest BCUT2D eigenvalue weighted by Gasteiger charge is 2.05. The highest BCUT2D eigenvalue weighted by molar-refractivity contribution is 8.03. The number of nitrogens with two attached hydrogens (primary N) is 1. The molecule has 5 heteroatoms. The average Bonchev–Trinajstić information content (AvgIpc) is 2.80. The molecule has 16 heavy (non-hydrogen) atoms. The lowest BCUT2D eigenvalue weighted by atomic mass is 10.2. The van der Waals surface area contributed by atoms with E-state index in [-0.39, 0.29) is 0 Å². The first-order chi connectivity index (χ1) is 7.75. The summed E-state index contributed by atoms with van der Waals surface area (Å²) in [6.07, 6.45) is 1.95. The number of benzene rings is 1. The molecule has 1 aromatic carbocycles. The third kappa shape index (κ3) is 2.70. The van der Waals surface area contributed by atoms with Gasteiger partial charge < -0.3 is 15.8 Å². The van der Waals surface area contributed by atoms with Crippen molar-refractivity contribution in [1.29, 1.82) is 0 Å². The molecule has 1 heterocycles. The van der Waals surface area contributed by atoms with Gasteiger partial charge in [0.1, 0.15) is 12.4 Å². The number of amides is 1. The van der Waals surface area contributed by atoms with Gasteiger partial charge in [0.2, 0.25) is 5.91 Å². The van der Waals surface area contributed by atoms with Gasteiger partial charge in [0.15, 0.2) is 0 Å². The Morgan fingerprint density at radius 1 is 1.44 bits per heavy atom. The summed E-state index contributed by atoms with van der Waals surface area (Å²) in [5, 5.41) is 3.09. The molecule has 0 aliphatic carbocycles. The van der Waals surface area contributed by atoms with E-state index in [0.717, 1.165) is 11.6 Å². The third-order valence-electron chi connectivity index (χ3n) is 2.12. The molecule has 2 rings (SSSR count). The first-order valence-electron chi connectivity index (χ1n) is 4.83. The molecule has 0 aromatic heterocycles. The van der Waals surface area contributed by atoms with Crippen LogP contribution in [0.15, 0.2) is 35.4 Å². The molecule has 3 N–H and O–H groups in total. The maximum absolute atomic E-state index is 10.8. The van der Waals surface area contributed by atoms with Crippen LogP contribution < -0.4 is 15.8 Å². The number of nitrogens with one attached hydrogen (secondary N) is 1. The van der Waals surface area contributed by atoms with Gasteiger partial charge in [0.05, 0.1) is 5.88 Å². The average molecular weight is 236 g/mol. The lowest BCUT2D eigenvalue weighted by Crippen LogP contribution is -2.10. The number of ether oxygens (including phenoxy) is 1. The van der Waals surface area contributed by atoms with Gasteiger partial charge in [0, 0.05) is 16.7 Å². The van der Waals surface area contributed by atoms with E-state index >= 15 is 0 Å². The maximum atomic E-state index is 10.8. The van der Waals surface area contributed by atoms with Crippen molar-refractivity contribution >= 4 is 17.7 Å². The molecule has 0 unspecified atom stereocenters. The number of hydrogen-bond acceptors (Lipinski definition) is 4. The number of hydrogen-bond donors (Lipinski definition) is 2. The van der Waals surface area contributed by atoms with Crippen LogP contribution in [-0.2, 0) is 0 Å². The third-order valence-corrected chi connectivity index (χ3v) is 3.04. The topological polar surface area (TPSA) is 64.4 Å². The fourth-order valence-corrected chi connectivity index (χ4v) is 1.95. The fourth-order valence-electron chi connectivity index (χ4n) is 1.28. The van der Waals surface area contributed by atoms with Crippen molar-refractivity contribution in [2.75, 3.05) is 12.5 Å². The van der Waals surface area contributed by atoms with E-state index in [1.54, 1.807) is 36.0 Å². The molecule has 0 saturated heterocycles. The Kier molecular flexibility index (Phi) is 3.36. The molecule has 4 nitrogen and oxygen atoms in total. The summed E-state index contributed by atoms with van der Waals surface area (Å²) in [4.78, 5) is 12.0. The normalized spacial score (nSPS) is 14.1. The van der Waals surface area contributed by atoms with Crippen molar-refractivity contribution in [3.63, 3.8) is 0 Å². The minimum absolute atomic E-state index is 0.426. The van der Waals surface area contributed by atoms with Crippen LogP contribution in [0.5, 0.6) is 5.75 Å². The van der Waals surface area contributed by atoms with Crippen molar-refractivity contribution in [3.05, 3.63) is 40.9 Å². The van der Waals surface area contributed by atoms with Crippen molar-refractivity contribution in [3.8, 4) is 5.75 Å². The lowest BCUT2D eigenvalue weighted by molar-refractivity contribution is 0.100. The smallest absolute Gasteiger partial charge is 0.248 e. The Hall–Kier alpha value is -1.62. The van der Waals surface area contributed by atoms with Crippen molar-refractivity contribution in [1.82, 2.24) is 5.32 Å². The minimum Gasteiger partial charge on any atom is -0.488 e. The standard InChI is InChI=1S/C11H12N2O2S/c12-11(14)8-1-3-9(4-2-8)15-6-10-5-13-7-16-10/h1-5,13H,6-7H2,(H2,12,14). The lowest BCUT2D eigenvalue weighted by Gasteiger charge is -2.06. The Balaban J connectivity index is 1.92. The summed E-state index contributed by atoms with van der Waals surface area (Å²) in [5.41, 5.74) is 5.63. The summed E-state index contributed by atoms with van der Waals surface area (Å²) in [7, 11) is 0. The zero-order chi connectivity index (χ0) is 11.4. The Morgan fingerprint density at radius 2 is 2.19 bits per heavy atom. The zero-order valence-electron chi connectivity index (χ0n) is 8.60. The van der Waals surface area contributed by atoms with Gasteiger partial charge in [-0.3, -0.25) is 4.79 Å². The second-order valence-electron chi connectivity index (χ2n) is 3.28. The molecule has 1 aliphatic rings.